The van der Waals surface area contributed by atoms with Gasteiger partial charge in [0.15, 0.2) is 5.16 Å². The first-order valence-electron chi connectivity index (χ1n) is 4.10. The number of hydrogen-bond donors (Lipinski definition) is 1. The number of pyridine rings is 1. The number of amides is 1. The summed E-state index contributed by atoms with van der Waals surface area (Å²) in [5.74, 6) is -0.0729. The molecule has 0 unspecified atom stereocenters. The second kappa shape index (κ2) is 3.71. The lowest BCUT2D eigenvalue weighted by atomic mass is 10.4. The van der Waals surface area contributed by atoms with Gasteiger partial charge in [-0.3, -0.25) is 9.20 Å². The third kappa shape index (κ3) is 1.72. The number of carbonyl (C=O) groups is 1. The molecule has 0 fully saturated rings. The van der Waals surface area contributed by atoms with Gasteiger partial charge in [-0.05, 0) is 12.1 Å². The number of nitrogens with two attached hydrogens (primary N) is 1. The maximum absolute atomic E-state index is 10.6. The van der Waals surface area contributed by atoms with Gasteiger partial charge in [0, 0.05) is 6.20 Å². The summed E-state index contributed by atoms with van der Waals surface area (Å²) in [7, 11) is 0. The van der Waals surface area contributed by atoms with Crippen molar-refractivity contribution in [3.8, 4) is 0 Å². The highest BCUT2D eigenvalue weighted by Crippen LogP contribution is 2.17. The molecule has 0 radical (unpaired) electrons. The molecule has 0 aliphatic carbocycles. The second-order valence-corrected chi connectivity index (χ2v) is 3.73. The lowest BCUT2D eigenvalue weighted by Gasteiger charge is -1.97. The molecule has 2 aromatic heterocycles. The van der Waals surface area contributed by atoms with Crippen molar-refractivity contribution in [2.75, 3.05) is 5.75 Å². The van der Waals surface area contributed by atoms with Crippen molar-refractivity contribution in [3.05, 3.63) is 30.6 Å². The van der Waals surface area contributed by atoms with Crippen molar-refractivity contribution in [2.24, 2.45) is 5.73 Å². The van der Waals surface area contributed by atoms with Gasteiger partial charge >= 0.3 is 0 Å². The lowest BCUT2D eigenvalue weighted by molar-refractivity contribution is -0.115. The zero-order valence-electron chi connectivity index (χ0n) is 7.38. The van der Waals surface area contributed by atoms with Crippen LogP contribution in [0.5, 0.6) is 0 Å². The fraction of sp³-hybridized carbons (Fsp3) is 0.111. The first-order valence-corrected chi connectivity index (χ1v) is 5.09. The summed E-state index contributed by atoms with van der Waals surface area (Å²) in [5.41, 5.74) is 6.07. The first-order chi connectivity index (χ1) is 6.77. The Bertz CT molecular complexity index is 466. The van der Waals surface area contributed by atoms with Crippen molar-refractivity contribution in [2.45, 2.75) is 5.16 Å². The number of nitrogens with zero attached hydrogens (tertiary/aromatic N) is 2. The number of rotatable bonds is 3. The summed E-state index contributed by atoms with van der Waals surface area (Å²) in [4.78, 5) is 14.8. The number of fused-ring (bicyclic) bond motifs is 1. The molecule has 1 amide bonds. The predicted octanol–water partition coefficient (Wildman–Crippen LogP) is 0.912. The van der Waals surface area contributed by atoms with E-state index in [1.807, 2.05) is 28.8 Å². The van der Waals surface area contributed by atoms with Crippen molar-refractivity contribution in [1.29, 1.82) is 0 Å². The van der Waals surface area contributed by atoms with E-state index in [4.69, 9.17) is 5.73 Å². The van der Waals surface area contributed by atoms with Gasteiger partial charge in [0.1, 0.15) is 0 Å². The number of aromatic nitrogens is 2. The molecule has 0 aromatic carbocycles. The van der Waals surface area contributed by atoms with Gasteiger partial charge in [0.25, 0.3) is 0 Å². The van der Waals surface area contributed by atoms with Crippen LogP contribution in [0.2, 0.25) is 0 Å². The minimum Gasteiger partial charge on any atom is -0.369 e. The summed E-state index contributed by atoms with van der Waals surface area (Å²) in [6.45, 7) is 0. The summed E-state index contributed by atoms with van der Waals surface area (Å²) < 4.78 is 1.92. The van der Waals surface area contributed by atoms with Crippen LogP contribution in [0.4, 0.5) is 0 Å². The molecule has 2 heterocycles. The zero-order chi connectivity index (χ0) is 9.97. The first kappa shape index (κ1) is 9.08. The molecule has 5 heteroatoms. The fourth-order valence-electron chi connectivity index (χ4n) is 1.16. The van der Waals surface area contributed by atoms with Gasteiger partial charge in [-0.1, -0.05) is 17.8 Å². The van der Waals surface area contributed by atoms with Gasteiger partial charge in [-0.15, -0.1) is 0 Å². The van der Waals surface area contributed by atoms with Crippen LogP contribution in [0, 0.1) is 0 Å². The topological polar surface area (TPSA) is 60.4 Å². The maximum atomic E-state index is 10.6. The predicted molar refractivity (Wildman–Crippen MR) is 55.1 cm³/mol. The van der Waals surface area contributed by atoms with Crippen molar-refractivity contribution in [3.63, 3.8) is 0 Å². The van der Waals surface area contributed by atoms with E-state index in [9.17, 15) is 4.79 Å². The highest BCUT2D eigenvalue weighted by Gasteiger charge is 2.04. The average Bonchev–Trinajstić information content (AvgIpc) is 2.58. The minimum absolute atomic E-state index is 0.258. The Morgan fingerprint density at radius 2 is 2.43 bits per heavy atom. The van der Waals surface area contributed by atoms with Gasteiger partial charge in [-0.2, -0.15) is 0 Å². The van der Waals surface area contributed by atoms with Crippen LogP contribution in [0.15, 0.2) is 35.7 Å². The Hall–Kier alpha value is -1.49. The van der Waals surface area contributed by atoms with Crippen molar-refractivity contribution in [1.82, 2.24) is 9.38 Å². The Morgan fingerprint density at radius 1 is 1.57 bits per heavy atom. The van der Waals surface area contributed by atoms with Gasteiger partial charge < -0.3 is 5.73 Å². The second-order valence-electron chi connectivity index (χ2n) is 2.79. The molecule has 14 heavy (non-hydrogen) atoms. The van der Waals surface area contributed by atoms with Crippen molar-refractivity contribution < 1.29 is 4.79 Å². The molecule has 0 aliphatic rings. The van der Waals surface area contributed by atoms with Crippen LogP contribution < -0.4 is 5.73 Å². The van der Waals surface area contributed by atoms with E-state index >= 15 is 0 Å². The Labute approximate surface area is 85.1 Å². The molecule has 0 aliphatic heterocycles. The molecule has 0 atom stereocenters. The van der Waals surface area contributed by atoms with E-state index in [1.165, 1.54) is 11.8 Å². The van der Waals surface area contributed by atoms with E-state index in [1.54, 1.807) is 6.20 Å². The molecule has 72 valence electrons. The van der Waals surface area contributed by atoms with Gasteiger partial charge in [0.2, 0.25) is 5.91 Å². The van der Waals surface area contributed by atoms with Crippen LogP contribution in [-0.2, 0) is 4.79 Å². The van der Waals surface area contributed by atoms with E-state index < -0.39 is 0 Å². The third-order valence-electron chi connectivity index (χ3n) is 1.75. The standard InChI is InChI=1S/C9H9N3OS/c10-8(13)6-14-9-11-5-7-3-1-2-4-12(7)9/h1-5H,6H2,(H2,10,13). The zero-order valence-corrected chi connectivity index (χ0v) is 8.20. The number of hydrogen-bond acceptors (Lipinski definition) is 3. The maximum Gasteiger partial charge on any atom is 0.227 e. The molecule has 0 saturated carbocycles. The quantitative estimate of drug-likeness (QED) is 0.761. The van der Waals surface area contributed by atoms with E-state index in [-0.39, 0.29) is 11.7 Å². The van der Waals surface area contributed by atoms with E-state index in [0.717, 1.165) is 10.7 Å². The molecule has 4 nitrogen and oxygen atoms in total. The number of imidazole rings is 1. The van der Waals surface area contributed by atoms with E-state index in [0.29, 0.717) is 0 Å². The van der Waals surface area contributed by atoms with Crippen LogP contribution >= 0.6 is 11.8 Å². The monoisotopic (exact) mass is 207 g/mol. The Balaban J connectivity index is 2.29. The lowest BCUT2D eigenvalue weighted by Crippen LogP contribution is -2.13. The van der Waals surface area contributed by atoms with Gasteiger partial charge in [0.05, 0.1) is 17.5 Å². The molecular weight excluding hydrogens is 198 g/mol. The summed E-state index contributed by atoms with van der Waals surface area (Å²) in [6, 6.07) is 5.82. The molecule has 2 N–H and O–H groups in total. The van der Waals surface area contributed by atoms with Crippen LogP contribution in [0.3, 0.4) is 0 Å². The van der Waals surface area contributed by atoms with Gasteiger partial charge in [-0.25, -0.2) is 4.98 Å². The fourth-order valence-corrected chi connectivity index (χ4v) is 1.87. The summed E-state index contributed by atoms with van der Waals surface area (Å²) >= 11 is 1.34. The highest BCUT2D eigenvalue weighted by molar-refractivity contribution is 7.99. The Morgan fingerprint density at radius 3 is 3.21 bits per heavy atom. The molecule has 2 rings (SSSR count). The third-order valence-corrected chi connectivity index (χ3v) is 2.74. The molecular formula is C9H9N3OS. The number of thioether (sulfide) groups is 1. The average molecular weight is 207 g/mol. The van der Waals surface area contributed by atoms with Crippen molar-refractivity contribution >= 4 is 23.2 Å². The van der Waals surface area contributed by atoms with Crippen LogP contribution in [-0.4, -0.2) is 21.0 Å². The number of carbonyl (C=O) groups excluding carboxylic acids is 1. The molecule has 2 aromatic rings. The highest BCUT2D eigenvalue weighted by atomic mass is 32.2. The van der Waals surface area contributed by atoms with E-state index in [2.05, 4.69) is 4.98 Å². The van der Waals surface area contributed by atoms with Crippen LogP contribution in [0.1, 0.15) is 0 Å². The minimum atomic E-state index is -0.331. The summed E-state index contributed by atoms with van der Waals surface area (Å²) in [6.07, 6.45) is 3.68. The smallest absolute Gasteiger partial charge is 0.227 e. The molecule has 0 bridgehead atoms. The largest absolute Gasteiger partial charge is 0.369 e. The SMILES string of the molecule is NC(=O)CSc1ncc2ccccn12. The van der Waals surface area contributed by atoms with Crippen LogP contribution in [0.25, 0.3) is 5.52 Å². The Kier molecular flexibility index (Phi) is 2.41. The summed E-state index contributed by atoms with van der Waals surface area (Å²) in [5, 5.41) is 0.791. The molecule has 0 saturated heterocycles. The normalized spacial score (nSPS) is 10.6. The number of primary amides is 1. The molecule has 0 spiro atoms.